The van der Waals surface area contributed by atoms with E-state index < -0.39 is 5.97 Å². The van der Waals surface area contributed by atoms with Gasteiger partial charge in [-0.15, -0.1) is 0 Å². The predicted octanol–water partition coefficient (Wildman–Crippen LogP) is 2.00. The molecular weight excluding hydrogens is 166 g/mol. The molecule has 0 aromatic rings. The van der Waals surface area contributed by atoms with E-state index in [1.54, 1.807) is 0 Å². The minimum absolute atomic E-state index is 0.0994. The third-order valence-electron chi connectivity index (χ3n) is 2.47. The van der Waals surface area contributed by atoms with Gasteiger partial charge in [-0.05, 0) is 12.3 Å². The molecule has 0 unspecified atom stereocenters. The molecule has 0 spiro atoms. The fraction of sp³-hybridized carbons (Fsp3) is 0.900. The van der Waals surface area contributed by atoms with Gasteiger partial charge in [0.05, 0.1) is 6.42 Å². The molecule has 0 amide bonds. The van der Waals surface area contributed by atoms with E-state index >= 15 is 0 Å². The average Bonchev–Trinajstić information content (AvgIpc) is 2.04. The maximum atomic E-state index is 10.4. The summed E-state index contributed by atoms with van der Waals surface area (Å²) in [6, 6.07) is -0.172. The summed E-state index contributed by atoms with van der Waals surface area (Å²) < 4.78 is 0. The zero-order chi connectivity index (χ0) is 10.3. The predicted molar refractivity (Wildman–Crippen MR) is 53.5 cm³/mol. The number of aliphatic carboxylic acids is 1. The van der Waals surface area contributed by atoms with Gasteiger partial charge in [-0.2, -0.15) is 0 Å². The Morgan fingerprint density at radius 2 is 2.08 bits per heavy atom. The molecule has 0 aliphatic heterocycles. The lowest BCUT2D eigenvalue weighted by Crippen LogP contribution is -2.32. The smallest absolute Gasteiger partial charge is 0.304 e. The van der Waals surface area contributed by atoms with E-state index in [-0.39, 0.29) is 12.5 Å². The molecule has 13 heavy (non-hydrogen) atoms. The summed E-state index contributed by atoms with van der Waals surface area (Å²) in [5.74, 6) is -0.418. The Morgan fingerprint density at radius 3 is 2.46 bits per heavy atom. The summed E-state index contributed by atoms with van der Waals surface area (Å²) in [6.07, 6.45) is 4.43. The summed E-state index contributed by atoms with van der Waals surface area (Å²) in [4.78, 5) is 10.4. The normalized spacial score (nSPS) is 15.3. The zero-order valence-corrected chi connectivity index (χ0v) is 8.62. The first-order chi connectivity index (χ1) is 6.11. The number of carboxylic acid groups (broad SMARTS) is 1. The average molecular weight is 187 g/mol. The van der Waals surface area contributed by atoms with Crippen LogP contribution in [0.1, 0.15) is 46.0 Å². The molecule has 0 rings (SSSR count). The van der Waals surface area contributed by atoms with Crippen LogP contribution in [0, 0.1) is 5.92 Å². The van der Waals surface area contributed by atoms with Crippen molar-refractivity contribution in [3.8, 4) is 0 Å². The Kier molecular flexibility index (Phi) is 6.59. The largest absolute Gasteiger partial charge is 0.481 e. The Balaban J connectivity index is 3.83. The highest BCUT2D eigenvalue weighted by molar-refractivity contribution is 5.67. The molecule has 0 aliphatic carbocycles. The molecule has 0 aliphatic rings. The van der Waals surface area contributed by atoms with Crippen LogP contribution in [0.5, 0.6) is 0 Å². The van der Waals surface area contributed by atoms with Gasteiger partial charge < -0.3 is 10.8 Å². The zero-order valence-electron chi connectivity index (χ0n) is 8.62. The van der Waals surface area contributed by atoms with Crippen LogP contribution in [-0.2, 0) is 4.79 Å². The molecule has 3 heteroatoms. The minimum atomic E-state index is -0.789. The SMILES string of the molecule is CCCC[C@@H](CC)[C@@H](N)CC(=O)O. The molecule has 0 saturated carbocycles. The molecule has 0 aromatic heterocycles. The molecule has 0 bridgehead atoms. The Labute approximate surface area is 80.3 Å². The van der Waals surface area contributed by atoms with Gasteiger partial charge in [0.1, 0.15) is 0 Å². The van der Waals surface area contributed by atoms with Crippen LogP contribution in [-0.4, -0.2) is 17.1 Å². The van der Waals surface area contributed by atoms with Crippen molar-refractivity contribution in [3.05, 3.63) is 0 Å². The summed E-state index contributed by atoms with van der Waals surface area (Å²) in [5.41, 5.74) is 5.79. The van der Waals surface area contributed by atoms with Gasteiger partial charge in [0.2, 0.25) is 0 Å². The topological polar surface area (TPSA) is 63.3 Å². The number of hydrogen-bond acceptors (Lipinski definition) is 2. The van der Waals surface area contributed by atoms with Crippen molar-refractivity contribution in [2.75, 3.05) is 0 Å². The summed E-state index contributed by atoms with van der Waals surface area (Å²) in [5, 5.41) is 8.57. The highest BCUT2D eigenvalue weighted by atomic mass is 16.4. The second kappa shape index (κ2) is 6.89. The first kappa shape index (κ1) is 12.4. The van der Waals surface area contributed by atoms with Crippen LogP contribution in [0.2, 0.25) is 0 Å². The van der Waals surface area contributed by atoms with Crippen molar-refractivity contribution in [2.45, 2.75) is 52.0 Å². The Morgan fingerprint density at radius 1 is 1.46 bits per heavy atom. The van der Waals surface area contributed by atoms with E-state index in [2.05, 4.69) is 13.8 Å². The van der Waals surface area contributed by atoms with E-state index in [0.29, 0.717) is 5.92 Å². The number of hydrogen-bond donors (Lipinski definition) is 2. The number of carboxylic acids is 1. The standard InChI is InChI=1S/C10H21NO2/c1-3-5-6-8(4-2)9(11)7-10(12)13/h8-9H,3-7,11H2,1-2H3,(H,12,13)/t8-,9+/m1/s1. The molecule has 78 valence electrons. The number of unbranched alkanes of at least 4 members (excludes halogenated alkanes) is 1. The van der Waals surface area contributed by atoms with Crippen LogP contribution in [0.25, 0.3) is 0 Å². The van der Waals surface area contributed by atoms with Crippen molar-refractivity contribution in [2.24, 2.45) is 11.7 Å². The first-order valence-electron chi connectivity index (χ1n) is 5.09. The van der Waals surface area contributed by atoms with Gasteiger partial charge in [0, 0.05) is 6.04 Å². The molecule has 0 aromatic carbocycles. The van der Waals surface area contributed by atoms with Gasteiger partial charge in [-0.25, -0.2) is 0 Å². The van der Waals surface area contributed by atoms with Crippen molar-refractivity contribution < 1.29 is 9.90 Å². The number of rotatable bonds is 7. The van der Waals surface area contributed by atoms with Gasteiger partial charge in [0.25, 0.3) is 0 Å². The number of nitrogens with two attached hydrogens (primary N) is 1. The minimum Gasteiger partial charge on any atom is -0.481 e. The summed E-state index contributed by atoms with van der Waals surface area (Å²) in [7, 11) is 0. The molecule has 2 atom stereocenters. The highest BCUT2D eigenvalue weighted by Gasteiger charge is 2.17. The van der Waals surface area contributed by atoms with Crippen LogP contribution >= 0.6 is 0 Å². The second-order valence-electron chi connectivity index (χ2n) is 3.57. The molecular formula is C10H21NO2. The fourth-order valence-corrected chi connectivity index (χ4v) is 1.56. The van der Waals surface area contributed by atoms with Gasteiger partial charge in [-0.3, -0.25) is 4.79 Å². The lowest BCUT2D eigenvalue weighted by atomic mass is 9.90. The van der Waals surface area contributed by atoms with Gasteiger partial charge in [0.15, 0.2) is 0 Å². The molecule has 3 N–H and O–H groups in total. The van der Waals surface area contributed by atoms with Gasteiger partial charge >= 0.3 is 5.97 Å². The third-order valence-corrected chi connectivity index (χ3v) is 2.47. The van der Waals surface area contributed by atoms with Crippen molar-refractivity contribution in [3.63, 3.8) is 0 Å². The van der Waals surface area contributed by atoms with Crippen LogP contribution in [0.3, 0.4) is 0 Å². The van der Waals surface area contributed by atoms with Crippen LogP contribution in [0.15, 0.2) is 0 Å². The maximum absolute atomic E-state index is 10.4. The molecule has 0 saturated heterocycles. The Bertz CT molecular complexity index is 148. The van der Waals surface area contributed by atoms with E-state index in [1.165, 1.54) is 0 Å². The number of carbonyl (C=O) groups is 1. The molecule has 3 nitrogen and oxygen atoms in total. The van der Waals surface area contributed by atoms with Gasteiger partial charge in [-0.1, -0.05) is 33.1 Å². The maximum Gasteiger partial charge on any atom is 0.304 e. The van der Waals surface area contributed by atoms with Crippen LogP contribution in [0.4, 0.5) is 0 Å². The molecule has 0 heterocycles. The summed E-state index contributed by atoms with van der Waals surface area (Å²) in [6.45, 7) is 4.21. The fourth-order valence-electron chi connectivity index (χ4n) is 1.56. The van der Waals surface area contributed by atoms with Crippen molar-refractivity contribution in [1.82, 2.24) is 0 Å². The summed E-state index contributed by atoms with van der Waals surface area (Å²) >= 11 is 0. The monoisotopic (exact) mass is 187 g/mol. The van der Waals surface area contributed by atoms with Crippen molar-refractivity contribution >= 4 is 5.97 Å². The lowest BCUT2D eigenvalue weighted by molar-refractivity contribution is -0.137. The Hall–Kier alpha value is -0.570. The first-order valence-corrected chi connectivity index (χ1v) is 5.09. The van der Waals surface area contributed by atoms with Crippen LogP contribution < -0.4 is 5.73 Å². The van der Waals surface area contributed by atoms with Crippen molar-refractivity contribution in [1.29, 1.82) is 0 Å². The second-order valence-corrected chi connectivity index (χ2v) is 3.57. The third kappa shape index (κ3) is 5.64. The van der Waals surface area contributed by atoms with E-state index in [1.807, 2.05) is 0 Å². The van der Waals surface area contributed by atoms with E-state index in [0.717, 1.165) is 25.7 Å². The quantitative estimate of drug-likeness (QED) is 0.640. The lowest BCUT2D eigenvalue weighted by Gasteiger charge is -2.20. The van der Waals surface area contributed by atoms with E-state index in [4.69, 9.17) is 10.8 Å². The highest BCUT2D eigenvalue weighted by Crippen LogP contribution is 2.17. The molecule has 0 radical (unpaired) electrons. The van der Waals surface area contributed by atoms with E-state index in [9.17, 15) is 4.79 Å². The molecule has 0 fully saturated rings.